The summed E-state index contributed by atoms with van der Waals surface area (Å²) in [5, 5.41) is 4.64. The summed E-state index contributed by atoms with van der Waals surface area (Å²) < 4.78 is 9.00. The van der Waals surface area contributed by atoms with Crippen molar-refractivity contribution < 1.29 is 4.42 Å². The summed E-state index contributed by atoms with van der Waals surface area (Å²) in [6, 6.07) is 75.2. The highest BCUT2D eigenvalue weighted by atomic mass is 16.3. The standard InChI is InChI=1S/C53H35N3O/c1-4-16-36(17-5-1)39-32-40(48-35-38-20-10-11-23-45(38)52-51(48)54-53(57-52)37-18-6-2-7-19-37)34-44(33-39)55(41-21-8-3-9-22-41)42-28-30-43(31-29-42)56-49-26-14-12-24-46(49)47-25-13-15-27-50(47)56/h1-35H. The molecule has 0 aliphatic heterocycles. The van der Waals surface area contributed by atoms with Crippen molar-refractivity contribution in [2.45, 2.75) is 0 Å². The molecule has 0 atom stereocenters. The first-order valence-electron chi connectivity index (χ1n) is 19.3. The van der Waals surface area contributed by atoms with E-state index in [2.05, 4.69) is 191 Å². The zero-order valence-corrected chi connectivity index (χ0v) is 31.0. The zero-order chi connectivity index (χ0) is 37.7. The number of fused-ring (bicyclic) bond motifs is 6. The van der Waals surface area contributed by atoms with Gasteiger partial charge in [-0.2, -0.15) is 0 Å². The number of rotatable bonds is 7. The predicted molar refractivity (Wildman–Crippen MR) is 237 cm³/mol. The van der Waals surface area contributed by atoms with Crippen LogP contribution < -0.4 is 4.90 Å². The number of anilines is 3. The summed E-state index contributed by atoms with van der Waals surface area (Å²) in [6.07, 6.45) is 0. The molecule has 0 aliphatic carbocycles. The Balaban J connectivity index is 1.12. The van der Waals surface area contributed by atoms with Crippen LogP contribution in [0, 0.1) is 0 Å². The summed E-state index contributed by atoms with van der Waals surface area (Å²) in [5.74, 6) is 0.608. The first-order valence-corrected chi connectivity index (χ1v) is 19.3. The summed E-state index contributed by atoms with van der Waals surface area (Å²) in [6.45, 7) is 0. The number of nitrogens with zero attached hydrogens (tertiary/aromatic N) is 3. The Hall–Kier alpha value is -7.69. The minimum atomic E-state index is 0.608. The highest BCUT2D eigenvalue weighted by Gasteiger charge is 2.21. The molecule has 0 saturated carbocycles. The van der Waals surface area contributed by atoms with Crippen LogP contribution in [0.5, 0.6) is 0 Å². The minimum absolute atomic E-state index is 0.608. The quantitative estimate of drug-likeness (QED) is 0.164. The van der Waals surface area contributed by atoms with E-state index < -0.39 is 0 Å². The Kier molecular flexibility index (Phi) is 7.78. The van der Waals surface area contributed by atoms with Crippen molar-refractivity contribution in [3.05, 3.63) is 212 Å². The maximum absolute atomic E-state index is 6.63. The normalized spacial score (nSPS) is 11.5. The lowest BCUT2D eigenvalue weighted by Crippen LogP contribution is -2.10. The van der Waals surface area contributed by atoms with E-state index in [1.165, 1.54) is 21.8 Å². The molecular formula is C53H35N3O. The molecule has 0 spiro atoms. The monoisotopic (exact) mass is 729 g/mol. The number of hydrogen-bond acceptors (Lipinski definition) is 3. The lowest BCUT2D eigenvalue weighted by atomic mass is 9.94. The fourth-order valence-corrected chi connectivity index (χ4v) is 8.33. The Morgan fingerprint density at radius 1 is 0.404 bits per heavy atom. The lowest BCUT2D eigenvalue weighted by molar-refractivity contribution is 0.623. The van der Waals surface area contributed by atoms with Gasteiger partial charge in [-0.05, 0) is 107 Å². The Morgan fingerprint density at radius 3 is 1.63 bits per heavy atom. The third-order valence-corrected chi connectivity index (χ3v) is 11.0. The van der Waals surface area contributed by atoms with Gasteiger partial charge >= 0.3 is 0 Å². The molecule has 4 heteroatoms. The molecule has 11 aromatic rings. The molecule has 0 fully saturated rings. The summed E-state index contributed by atoms with van der Waals surface area (Å²) in [5.41, 5.74) is 13.5. The molecule has 0 N–H and O–H groups in total. The van der Waals surface area contributed by atoms with E-state index in [9.17, 15) is 0 Å². The third kappa shape index (κ3) is 5.66. The second-order valence-corrected chi connectivity index (χ2v) is 14.4. The topological polar surface area (TPSA) is 34.2 Å². The van der Waals surface area contributed by atoms with Crippen molar-refractivity contribution >= 4 is 60.7 Å². The van der Waals surface area contributed by atoms with Crippen molar-refractivity contribution in [3.8, 4) is 39.4 Å². The molecule has 0 unspecified atom stereocenters. The fourth-order valence-electron chi connectivity index (χ4n) is 8.33. The number of aromatic nitrogens is 2. The fraction of sp³-hybridized carbons (Fsp3) is 0. The van der Waals surface area contributed by atoms with E-state index in [0.29, 0.717) is 5.89 Å². The highest BCUT2D eigenvalue weighted by Crippen LogP contribution is 2.43. The van der Waals surface area contributed by atoms with Gasteiger partial charge in [-0.15, -0.1) is 0 Å². The molecule has 2 aromatic heterocycles. The Labute approximate surface area is 330 Å². The first-order chi connectivity index (χ1) is 28.3. The molecule has 0 radical (unpaired) electrons. The molecule has 0 aliphatic rings. The van der Waals surface area contributed by atoms with Gasteiger partial charge in [-0.3, -0.25) is 0 Å². The van der Waals surface area contributed by atoms with Crippen LogP contribution in [0.25, 0.3) is 83.1 Å². The number of oxazole rings is 1. The van der Waals surface area contributed by atoms with Gasteiger partial charge in [0.25, 0.3) is 0 Å². The highest BCUT2D eigenvalue weighted by molar-refractivity contribution is 6.11. The van der Waals surface area contributed by atoms with Crippen molar-refractivity contribution in [1.82, 2.24) is 9.55 Å². The average molecular weight is 730 g/mol. The van der Waals surface area contributed by atoms with Crippen molar-refractivity contribution in [1.29, 1.82) is 0 Å². The van der Waals surface area contributed by atoms with Crippen molar-refractivity contribution in [2.24, 2.45) is 0 Å². The Morgan fingerprint density at radius 2 is 0.947 bits per heavy atom. The zero-order valence-electron chi connectivity index (χ0n) is 31.0. The third-order valence-electron chi connectivity index (χ3n) is 11.0. The van der Waals surface area contributed by atoms with E-state index in [1.54, 1.807) is 0 Å². The van der Waals surface area contributed by atoms with Gasteiger partial charge in [0.05, 0.1) is 11.0 Å². The van der Waals surface area contributed by atoms with Gasteiger partial charge in [0, 0.05) is 50.0 Å². The predicted octanol–water partition coefficient (Wildman–Crippen LogP) is 14.5. The second kappa shape index (κ2) is 13.6. The van der Waals surface area contributed by atoms with E-state index >= 15 is 0 Å². The molecule has 11 rings (SSSR count). The van der Waals surface area contributed by atoms with Crippen LogP contribution in [0.1, 0.15) is 0 Å². The summed E-state index contributed by atoms with van der Waals surface area (Å²) in [4.78, 5) is 7.55. The van der Waals surface area contributed by atoms with Crippen LogP contribution in [0.4, 0.5) is 17.1 Å². The molecule has 4 nitrogen and oxygen atoms in total. The SMILES string of the molecule is c1ccc(-c2cc(-c3cc4ccccc4c4oc(-c5ccccc5)nc34)cc(N(c3ccccc3)c3ccc(-n4c5ccccc5c5ccccc54)cc3)c2)cc1. The average Bonchev–Trinajstić information content (AvgIpc) is 3.88. The van der Waals surface area contributed by atoms with Gasteiger partial charge in [-0.25, -0.2) is 4.98 Å². The molecular weight excluding hydrogens is 695 g/mol. The Bertz CT molecular complexity index is 3170. The van der Waals surface area contributed by atoms with Crippen molar-refractivity contribution in [2.75, 3.05) is 4.90 Å². The van der Waals surface area contributed by atoms with Gasteiger partial charge in [0.1, 0.15) is 5.52 Å². The minimum Gasteiger partial charge on any atom is -0.435 e. The van der Waals surface area contributed by atoms with Gasteiger partial charge in [0.2, 0.25) is 5.89 Å². The van der Waals surface area contributed by atoms with E-state index in [4.69, 9.17) is 9.40 Å². The maximum Gasteiger partial charge on any atom is 0.227 e. The molecule has 0 bridgehead atoms. The molecule has 0 saturated heterocycles. The lowest BCUT2D eigenvalue weighted by Gasteiger charge is -2.27. The van der Waals surface area contributed by atoms with Crippen LogP contribution in [-0.4, -0.2) is 9.55 Å². The van der Waals surface area contributed by atoms with Crippen LogP contribution in [0.2, 0.25) is 0 Å². The summed E-state index contributed by atoms with van der Waals surface area (Å²) >= 11 is 0. The van der Waals surface area contributed by atoms with Gasteiger partial charge in [0.15, 0.2) is 5.58 Å². The molecule has 0 amide bonds. The van der Waals surface area contributed by atoms with E-state index in [1.807, 2.05) is 30.3 Å². The van der Waals surface area contributed by atoms with Gasteiger partial charge < -0.3 is 13.9 Å². The van der Waals surface area contributed by atoms with Gasteiger partial charge in [-0.1, -0.05) is 127 Å². The van der Waals surface area contributed by atoms with E-state index in [0.717, 1.165) is 72.4 Å². The van der Waals surface area contributed by atoms with E-state index in [-0.39, 0.29) is 0 Å². The molecule has 9 aromatic carbocycles. The van der Waals surface area contributed by atoms with Crippen LogP contribution in [0.3, 0.4) is 0 Å². The molecule has 268 valence electrons. The van der Waals surface area contributed by atoms with Crippen LogP contribution >= 0.6 is 0 Å². The largest absolute Gasteiger partial charge is 0.435 e. The van der Waals surface area contributed by atoms with Crippen LogP contribution in [0.15, 0.2) is 217 Å². The number of benzene rings is 9. The number of para-hydroxylation sites is 3. The summed E-state index contributed by atoms with van der Waals surface area (Å²) in [7, 11) is 0. The maximum atomic E-state index is 6.63. The van der Waals surface area contributed by atoms with Crippen LogP contribution in [-0.2, 0) is 0 Å². The van der Waals surface area contributed by atoms with Crippen molar-refractivity contribution in [3.63, 3.8) is 0 Å². The smallest absolute Gasteiger partial charge is 0.227 e. The number of hydrogen-bond donors (Lipinski definition) is 0. The second-order valence-electron chi connectivity index (χ2n) is 14.4. The first kappa shape index (κ1) is 32.7. The molecule has 57 heavy (non-hydrogen) atoms. The molecule has 2 heterocycles.